The van der Waals surface area contributed by atoms with Gasteiger partial charge in [0.15, 0.2) is 0 Å². The maximum Gasteiger partial charge on any atom is 0.295 e. The van der Waals surface area contributed by atoms with E-state index < -0.39 is 17.7 Å². The molecule has 1 atom stereocenters. The van der Waals surface area contributed by atoms with Crippen LogP contribution in [0.5, 0.6) is 0 Å². The van der Waals surface area contributed by atoms with Crippen LogP contribution in [-0.4, -0.2) is 41.0 Å². The summed E-state index contributed by atoms with van der Waals surface area (Å²) < 4.78 is 5.56. The number of aliphatic hydroxyl groups is 1. The first-order chi connectivity index (χ1) is 14.3. The summed E-state index contributed by atoms with van der Waals surface area (Å²) >= 11 is 12.5. The molecule has 0 spiro atoms. The molecule has 0 unspecified atom stereocenters. The minimum absolute atomic E-state index is 0.0141. The monoisotopic (exact) mass is 447 g/mol. The van der Waals surface area contributed by atoms with Crippen molar-refractivity contribution in [1.82, 2.24) is 4.90 Å². The van der Waals surface area contributed by atoms with Crippen LogP contribution in [0.15, 0.2) is 54.1 Å². The highest BCUT2D eigenvalue weighted by atomic mass is 35.5. The second kappa shape index (κ2) is 9.65. The first-order valence-corrected chi connectivity index (χ1v) is 10.5. The Morgan fingerprint density at radius 1 is 1.13 bits per heavy atom. The zero-order valence-electron chi connectivity index (χ0n) is 16.8. The highest BCUT2D eigenvalue weighted by Gasteiger charge is 2.46. The lowest BCUT2D eigenvalue weighted by molar-refractivity contribution is -0.140. The molecule has 0 radical (unpaired) electrons. The summed E-state index contributed by atoms with van der Waals surface area (Å²) in [6.45, 7) is 4.59. The van der Waals surface area contributed by atoms with Gasteiger partial charge in [0.1, 0.15) is 5.76 Å². The molecule has 1 amide bonds. The molecule has 158 valence electrons. The van der Waals surface area contributed by atoms with Crippen molar-refractivity contribution in [2.24, 2.45) is 0 Å². The van der Waals surface area contributed by atoms with Gasteiger partial charge in [-0.2, -0.15) is 0 Å². The van der Waals surface area contributed by atoms with Crippen LogP contribution in [0.25, 0.3) is 5.76 Å². The first kappa shape index (κ1) is 22.3. The summed E-state index contributed by atoms with van der Waals surface area (Å²) in [5, 5.41) is 11.7. The number of nitrogens with zero attached hydrogens (tertiary/aromatic N) is 1. The summed E-state index contributed by atoms with van der Waals surface area (Å²) in [6, 6.07) is 12.7. The topological polar surface area (TPSA) is 66.8 Å². The SMILES string of the molecule is CC(C)OCCCN1C(=O)C(=O)C(=C(O)c2ccccc2)[C@@H]1c1ccc(Cl)cc1Cl. The Balaban J connectivity index is 2.06. The molecule has 1 N–H and O–H groups in total. The van der Waals surface area contributed by atoms with Crippen LogP contribution in [0, 0.1) is 0 Å². The minimum atomic E-state index is -0.811. The van der Waals surface area contributed by atoms with Gasteiger partial charge in [0.05, 0.1) is 17.7 Å². The molecule has 1 aliphatic heterocycles. The van der Waals surface area contributed by atoms with Crippen molar-refractivity contribution >= 4 is 40.7 Å². The van der Waals surface area contributed by atoms with Gasteiger partial charge in [0, 0.05) is 28.8 Å². The van der Waals surface area contributed by atoms with Gasteiger partial charge < -0.3 is 14.7 Å². The van der Waals surface area contributed by atoms with Crippen LogP contribution in [0.2, 0.25) is 10.0 Å². The molecule has 0 bridgehead atoms. The van der Waals surface area contributed by atoms with Gasteiger partial charge in [-0.3, -0.25) is 9.59 Å². The fraction of sp³-hybridized carbons (Fsp3) is 0.304. The van der Waals surface area contributed by atoms with Crippen molar-refractivity contribution in [2.45, 2.75) is 32.4 Å². The Kier molecular flexibility index (Phi) is 7.19. The van der Waals surface area contributed by atoms with Gasteiger partial charge in [-0.15, -0.1) is 0 Å². The second-order valence-corrected chi connectivity index (χ2v) is 8.14. The Hall–Kier alpha value is -2.34. The number of carbonyl (C=O) groups is 2. The van der Waals surface area contributed by atoms with E-state index >= 15 is 0 Å². The third-order valence-corrected chi connectivity index (χ3v) is 5.40. The Morgan fingerprint density at radius 2 is 1.83 bits per heavy atom. The van der Waals surface area contributed by atoms with Crippen LogP contribution in [0.3, 0.4) is 0 Å². The predicted octanol–water partition coefficient (Wildman–Crippen LogP) is 5.23. The molecule has 1 heterocycles. The standard InChI is InChI=1S/C23H23Cl2NO4/c1-14(2)30-12-6-11-26-20(17-10-9-16(24)13-18(17)25)19(22(28)23(26)29)21(27)15-7-4-3-5-8-15/h3-5,7-10,13-14,20,27H,6,11-12H2,1-2H3/t20-/m0/s1. The average Bonchev–Trinajstić information content (AvgIpc) is 2.96. The van der Waals surface area contributed by atoms with Crippen molar-refractivity contribution < 1.29 is 19.4 Å². The number of rotatable bonds is 7. The molecule has 0 aliphatic carbocycles. The molecule has 5 nitrogen and oxygen atoms in total. The zero-order chi connectivity index (χ0) is 21.8. The number of halogens is 2. The van der Waals surface area contributed by atoms with Crippen molar-refractivity contribution in [2.75, 3.05) is 13.2 Å². The maximum atomic E-state index is 12.9. The minimum Gasteiger partial charge on any atom is -0.507 e. The van der Waals surface area contributed by atoms with Crippen LogP contribution in [-0.2, 0) is 14.3 Å². The van der Waals surface area contributed by atoms with E-state index in [4.69, 9.17) is 27.9 Å². The lowest BCUT2D eigenvalue weighted by Gasteiger charge is -2.26. The van der Waals surface area contributed by atoms with Crippen LogP contribution in [0.1, 0.15) is 37.4 Å². The third kappa shape index (κ3) is 4.69. The predicted molar refractivity (Wildman–Crippen MR) is 118 cm³/mol. The van der Waals surface area contributed by atoms with E-state index in [0.29, 0.717) is 34.2 Å². The Morgan fingerprint density at radius 3 is 2.47 bits per heavy atom. The first-order valence-electron chi connectivity index (χ1n) is 9.71. The van der Waals surface area contributed by atoms with E-state index in [1.54, 1.807) is 48.5 Å². The number of carbonyl (C=O) groups excluding carboxylic acids is 2. The fourth-order valence-corrected chi connectivity index (χ4v) is 3.97. The lowest BCUT2D eigenvalue weighted by atomic mass is 9.95. The number of likely N-dealkylation sites (tertiary alicyclic amines) is 1. The Labute approximate surface area is 185 Å². The van der Waals surface area contributed by atoms with Crippen molar-refractivity contribution in [3.05, 3.63) is 75.3 Å². The molecular weight excluding hydrogens is 425 g/mol. The molecule has 1 fully saturated rings. The largest absolute Gasteiger partial charge is 0.507 e. The van der Waals surface area contributed by atoms with Crippen LogP contribution in [0.4, 0.5) is 0 Å². The summed E-state index contributed by atoms with van der Waals surface area (Å²) in [5.74, 6) is -1.64. The van der Waals surface area contributed by atoms with Gasteiger partial charge in [0.25, 0.3) is 11.7 Å². The number of Topliss-reactive ketones (excluding diaryl/α,β-unsaturated/α-hetero) is 1. The summed E-state index contributed by atoms with van der Waals surface area (Å²) in [7, 11) is 0. The third-order valence-electron chi connectivity index (χ3n) is 4.84. The van der Waals surface area contributed by atoms with E-state index in [2.05, 4.69) is 0 Å². The average molecular weight is 448 g/mol. The molecule has 0 saturated carbocycles. The molecule has 0 aromatic heterocycles. The molecule has 30 heavy (non-hydrogen) atoms. The summed E-state index contributed by atoms with van der Waals surface area (Å²) in [5.41, 5.74) is 0.997. The van der Waals surface area contributed by atoms with Crippen molar-refractivity contribution in [3.8, 4) is 0 Å². The zero-order valence-corrected chi connectivity index (χ0v) is 18.3. The van der Waals surface area contributed by atoms with Crippen molar-refractivity contribution in [1.29, 1.82) is 0 Å². The molecule has 7 heteroatoms. The number of amides is 1. The van der Waals surface area contributed by atoms with E-state index in [9.17, 15) is 14.7 Å². The number of hydrogen-bond donors (Lipinski definition) is 1. The summed E-state index contributed by atoms with van der Waals surface area (Å²) in [4.78, 5) is 27.2. The van der Waals surface area contributed by atoms with Crippen LogP contribution >= 0.6 is 23.2 Å². The highest BCUT2D eigenvalue weighted by Crippen LogP contribution is 2.42. The Bertz CT molecular complexity index is 972. The fourth-order valence-electron chi connectivity index (χ4n) is 3.46. The van der Waals surface area contributed by atoms with E-state index in [-0.39, 0.29) is 24.0 Å². The van der Waals surface area contributed by atoms with Gasteiger partial charge in [-0.1, -0.05) is 59.6 Å². The number of aliphatic hydroxyl groups excluding tert-OH is 1. The smallest absolute Gasteiger partial charge is 0.295 e. The van der Waals surface area contributed by atoms with Gasteiger partial charge in [-0.25, -0.2) is 0 Å². The lowest BCUT2D eigenvalue weighted by Crippen LogP contribution is -2.31. The number of ketones is 1. The highest BCUT2D eigenvalue weighted by molar-refractivity contribution is 6.47. The molecule has 3 rings (SSSR count). The quantitative estimate of drug-likeness (QED) is 0.273. The van der Waals surface area contributed by atoms with E-state index in [0.717, 1.165) is 0 Å². The molecule has 2 aromatic rings. The normalized spacial score (nSPS) is 18.4. The van der Waals surface area contributed by atoms with E-state index in [1.807, 2.05) is 13.8 Å². The maximum absolute atomic E-state index is 12.9. The van der Waals surface area contributed by atoms with Crippen molar-refractivity contribution in [3.63, 3.8) is 0 Å². The number of benzene rings is 2. The molecule has 1 saturated heterocycles. The summed E-state index contributed by atoms with van der Waals surface area (Å²) in [6.07, 6.45) is 0.609. The second-order valence-electron chi connectivity index (χ2n) is 7.30. The molecular formula is C23H23Cl2NO4. The molecule has 1 aliphatic rings. The van der Waals surface area contributed by atoms with E-state index in [1.165, 1.54) is 4.90 Å². The van der Waals surface area contributed by atoms with Gasteiger partial charge >= 0.3 is 0 Å². The van der Waals surface area contributed by atoms with Gasteiger partial charge in [-0.05, 0) is 38.0 Å². The number of hydrogen-bond acceptors (Lipinski definition) is 4. The van der Waals surface area contributed by atoms with Crippen LogP contribution < -0.4 is 0 Å². The van der Waals surface area contributed by atoms with Gasteiger partial charge in [0.2, 0.25) is 0 Å². The number of ether oxygens (including phenoxy) is 1. The molecule has 2 aromatic carbocycles.